The second-order valence-corrected chi connectivity index (χ2v) is 7.58. The first-order valence-corrected chi connectivity index (χ1v) is 8.45. The van der Waals surface area contributed by atoms with Gasteiger partial charge in [0.05, 0.1) is 11.7 Å². The van der Waals surface area contributed by atoms with Crippen LogP contribution < -0.4 is 5.73 Å². The molecule has 4 nitrogen and oxygen atoms in total. The number of hydrogen-bond acceptors (Lipinski definition) is 3. The molecule has 0 radical (unpaired) electrons. The van der Waals surface area contributed by atoms with Gasteiger partial charge in [0.2, 0.25) is 0 Å². The highest BCUT2D eigenvalue weighted by molar-refractivity contribution is 5.96. The maximum atomic E-state index is 11.7. The monoisotopic (exact) mass is 313 g/mol. The van der Waals surface area contributed by atoms with Gasteiger partial charge in [0.25, 0.3) is 5.91 Å². The molecule has 23 heavy (non-hydrogen) atoms. The lowest BCUT2D eigenvalue weighted by Crippen LogP contribution is -2.52. The first-order chi connectivity index (χ1) is 10.9. The molecule has 2 bridgehead atoms. The van der Waals surface area contributed by atoms with Gasteiger partial charge in [-0.1, -0.05) is 25.1 Å². The number of benzene rings is 1. The fraction of sp³-hybridized carbons (Fsp3) is 0.526. The zero-order valence-corrected chi connectivity index (χ0v) is 13.3. The van der Waals surface area contributed by atoms with Crippen molar-refractivity contribution in [1.82, 2.24) is 0 Å². The zero-order valence-electron chi connectivity index (χ0n) is 13.3. The minimum atomic E-state index is -0.601. The predicted octanol–water partition coefficient (Wildman–Crippen LogP) is 2.27. The molecule has 1 saturated carbocycles. The van der Waals surface area contributed by atoms with Crippen molar-refractivity contribution in [1.29, 1.82) is 0 Å². The van der Waals surface area contributed by atoms with E-state index in [-0.39, 0.29) is 16.7 Å². The number of aromatic hydroxyl groups is 1. The molecular formula is C19H23NO3. The number of carbonyl (C=O) groups excluding carboxylic acids is 1. The summed E-state index contributed by atoms with van der Waals surface area (Å²) in [6.45, 7) is 2.30. The summed E-state index contributed by atoms with van der Waals surface area (Å²) in [6, 6.07) is 3.59. The van der Waals surface area contributed by atoms with Crippen molar-refractivity contribution in [3.05, 3.63) is 41.0 Å². The summed E-state index contributed by atoms with van der Waals surface area (Å²) in [5.41, 5.74) is 7.33. The van der Waals surface area contributed by atoms with Crippen molar-refractivity contribution < 1.29 is 15.0 Å². The van der Waals surface area contributed by atoms with Gasteiger partial charge >= 0.3 is 0 Å². The van der Waals surface area contributed by atoms with E-state index in [9.17, 15) is 15.0 Å². The van der Waals surface area contributed by atoms with Gasteiger partial charge < -0.3 is 15.9 Å². The van der Waals surface area contributed by atoms with Gasteiger partial charge in [-0.3, -0.25) is 4.79 Å². The van der Waals surface area contributed by atoms with Crippen LogP contribution in [0.3, 0.4) is 0 Å². The number of aliphatic hydroxyl groups is 1. The van der Waals surface area contributed by atoms with Crippen LogP contribution in [-0.4, -0.2) is 22.2 Å². The van der Waals surface area contributed by atoms with Crippen molar-refractivity contribution in [2.45, 2.75) is 44.1 Å². The van der Waals surface area contributed by atoms with Gasteiger partial charge in [-0.2, -0.15) is 0 Å². The van der Waals surface area contributed by atoms with Crippen LogP contribution in [0.5, 0.6) is 5.75 Å². The lowest BCUT2D eigenvalue weighted by molar-refractivity contribution is 0.0343. The fourth-order valence-electron chi connectivity index (χ4n) is 5.42. The minimum absolute atomic E-state index is 0.0375. The molecule has 4 N–H and O–H groups in total. The molecule has 4 heteroatoms. The molecule has 0 aliphatic heterocycles. The van der Waals surface area contributed by atoms with E-state index in [1.165, 1.54) is 0 Å². The van der Waals surface area contributed by atoms with E-state index in [2.05, 4.69) is 13.0 Å². The van der Waals surface area contributed by atoms with E-state index in [0.717, 1.165) is 30.4 Å². The Hall–Kier alpha value is -1.81. The fourth-order valence-corrected chi connectivity index (χ4v) is 5.42. The van der Waals surface area contributed by atoms with Gasteiger partial charge in [-0.15, -0.1) is 0 Å². The summed E-state index contributed by atoms with van der Waals surface area (Å²) in [4.78, 5) is 11.7. The third kappa shape index (κ3) is 1.91. The first kappa shape index (κ1) is 14.8. The number of primary amides is 1. The summed E-state index contributed by atoms with van der Waals surface area (Å²) in [5.74, 6) is 0.904. The average Bonchev–Trinajstić information content (AvgIpc) is 2.50. The summed E-state index contributed by atoms with van der Waals surface area (Å²) >= 11 is 0. The van der Waals surface area contributed by atoms with Crippen molar-refractivity contribution in [2.75, 3.05) is 0 Å². The number of rotatable bonds is 1. The predicted molar refractivity (Wildman–Crippen MR) is 87.1 cm³/mol. The van der Waals surface area contributed by atoms with E-state index >= 15 is 0 Å². The number of nitrogens with two attached hydrogens (primary N) is 1. The van der Waals surface area contributed by atoms with Crippen molar-refractivity contribution in [3.8, 4) is 5.75 Å². The Morgan fingerprint density at radius 3 is 2.87 bits per heavy atom. The first-order valence-electron chi connectivity index (χ1n) is 8.45. The van der Waals surface area contributed by atoms with Crippen LogP contribution in [0.2, 0.25) is 0 Å². The van der Waals surface area contributed by atoms with Gasteiger partial charge in [-0.05, 0) is 55.1 Å². The van der Waals surface area contributed by atoms with Gasteiger partial charge in [-0.25, -0.2) is 0 Å². The molecule has 1 fully saturated rings. The number of allylic oxidation sites excluding steroid dienone is 1. The SMILES string of the molecule is CC1CC[C@]23CC(O)C=CC2[C@H]1Cc1ccc(C(N)=O)c(O)c13. The Kier molecular flexibility index (Phi) is 3.11. The molecular weight excluding hydrogens is 290 g/mol. The van der Waals surface area contributed by atoms with Gasteiger partial charge in [0.1, 0.15) is 5.75 Å². The van der Waals surface area contributed by atoms with Crippen LogP contribution >= 0.6 is 0 Å². The van der Waals surface area contributed by atoms with E-state index in [1.54, 1.807) is 6.07 Å². The molecule has 0 heterocycles. The summed E-state index contributed by atoms with van der Waals surface area (Å²) in [6.07, 6.45) is 7.08. The standard InChI is InChI=1S/C19H23NO3/c1-10-6-7-19-9-12(21)3-5-15(19)14(10)8-11-2-4-13(18(20)23)17(22)16(11)19/h2-5,10,12,14-15,21-22H,6-9H2,1H3,(H2,20,23)/t10?,12?,14-,15?,19-/m0/s1. The van der Waals surface area contributed by atoms with Crippen molar-refractivity contribution in [2.24, 2.45) is 23.5 Å². The Morgan fingerprint density at radius 1 is 1.35 bits per heavy atom. The largest absolute Gasteiger partial charge is 0.507 e. The van der Waals surface area contributed by atoms with Crippen LogP contribution in [0.25, 0.3) is 0 Å². The summed E-state index contributed by atoms with van der Waals surface area (Å²) in [7, 11) is 0. The van der Waals surface area contributed by atoms with E-state index in [0.29, 0.717) is 24.2 Å². The molecule has 3 aliphatic carbocycles. The highest BCUT2D eigenvalue weighted by Gasteiger charge is 2.55. The Labute approximate surface area is 136 Å². The molecule has 1 aromatic carbocycles. The minimum Gasteiger partial charge on any atom is -0.507 e. The molecule has 0 spiro atoms. The molecule has 1 aromatic rings. The van der Waals surface area contributed by atoms with Crippen LogP contribution in [0.1, 0.15) is 47.7 Å². The molecule has 122 valence electrons. The lowest BCUT2D eigenvalue weighted by atomic mass is 9.48. The maximum Gasteiger partial charge on any atom is 0.252 e. The highest BCUT2D eigenvalue weighted by atomic mass is 16.3. The summed E-state index contributed by atoms with van der Waals surface area (Å²) < 4.78 is 0. The van der Waals surface area contributed by atoms with Crippen LogP contribution in [0.15, 0.2) is 24.3 Å². The summed E-state index contributed by atoms with van der Waals surface area (Å²) in [5, 5.41) is 21.1. The number of amides is 1. The average molecular weight is 313 g/mol. The number of hydrogen-bond donors (Lipinski definition) is 3. The third-order valence-corrected chi connectivity index (χ3v) is 6.47. The number of aliphatic hydroxyl groups excluding tert-OH is 1. The second kappa shape index (κ2) is 4.84. The Balaban J connectivity index is 1.98. The smallest absolute Gasteiger partial charge is 0.252 e. The Bertz CT molecular complexity index is 711. The van der Waals surface area contributed by atoms with Crippen molar-refractivity contribution in [3.63, 3.8) is 0 Å². The third-order valence-electron chi connectivity index (χ3n) is 6.47. The van der Waals surface area contributed by atoms with E-state index in [1.807, 2.05) is 12.1 Å². The van der Waals surface area contributed by atoms with Crippen LogP contribution in [0.4, 0.5) is 0 Å². The normalized spacial score (nSPS) is 37.8. The van der Waals surface area contributed by atoms with Crippen LogP contribution in [0, 0.1) is 17.8 Å². The second-order valence-electron chi connectivity index (χ2n) is 7.58. The number of carbonyl (C=O) groups is 1. The molecule has 3 unspecified atom stereocenters. The topological polar surface area (TPSA) is 83.5 Å². The van der Waals surface area contributed by atoms with Crippen LogP contribution in [-0.2, 0) is 11.8 Å². The lowest BCUT2D eigenvalue weighted by Gasteiger charge is -2.56. The number of fused-ring (bicyclic) bond motifs is 1. The quantitative estimate of drug-likeness (QED) is 0.695. The molecule has 3 aliphatic rings. The zero-order chi connectivity index (χ0) is 16.4. The molecule has 0 saturated heterocycles. The van der Waals surface area contributed by atoms with E-state index in [4.69, 9.17) is 5.73 Å². The molecule has 0 aromatic heterocycles. The van der Waals surface area contributed by atoms with E-state index < -0.39 is 12.0 Å². The Morgan fingerprint density at radius 2 is 2.13 bits per heavy atom. The molecule has 5 atom stereocenters. The maximum absolute atomic E-state index is 11.7. The highest BCUT2D eigenvalue weighted by Crippen LogP contribution is 2.60. The van der Waals surface area contributed by atoms with Gasteiger partial charge in [0.15, 0.2) is 0 Å². The molecule has 4 rings (SSSR count). The number of phenols is 1. The van der Waals surface area contributed by atoms with Crippen molar-refractivity contribution >= 4 is 5.91 Å². The molecule has 1 amide bonds. The van der Waals surface area contributed by atoms with Gasteiger partial charge in [0, 0.05) is 11.0 Å².